The molecule has 1 unspecified atom stereocenters. The summed E-state index contributed by atoms with van der Waals surface area (Å²) in [6, 6.07) is 6.88. The Hall–Kier alpha value is -0.700. The Morgan fingerprint density at radius 2 is 2.17 bits per heavy atom. The number of nitrogens with zero attached hydrogens (tertiary/aromatic N) is 2. The molecule has 1 atom stereocenters. The maximum absolute atomic E-state index is 13.7. The van der Waals surface area contributed by atoms with Crippen molar-refractivity contribution in [3.8, 4) is 0 Å². The lowest BCUT2D eigenvalue weighted by Gasteiger charge is -2.20. The van der Waals surface area contributed by atoms with Crippen molar-refractivity contribution in [3.05, 3.63) is 30.1 Å². The molecule has 136 valence electrons. The van der Waals surface area contributed by atoms with Gasteiger partial charge in [-0.1, -0.05) is 12.1 Å². The van der Waals surface area contributed by atoms with Crippen LogP contribution in [0.4, 0.5) is 10.1 Å². The average molecular weight is 466 g/mol. The van der Waals surface area contributed by atoms with E-state index < -0.39 is 0 Å². The quantitative estimate of drug-likeness (QED) is 0.280. The second kappa shape index (κ2) is 11.8. The number of guanidine groups is 1. The number of nitrogens with one attached hydrogen (secondary N) is 2. The first-order valence-electron chi connectivity index (χ1n) is 8.22. The summed E-state index contributed by atoms with van der Waals surface area (Å²) >= 11 is 2.04. The standard InChI is InChI=1S/C17H27FN4S.HI/c1-19-17(21-13-14-7-5-12-23-14)20-10-6-11-22(2)16-9-4-3-8-15(16)18;/h3-4,8-9,14H,5-7,10-13H2,1-2H3,(H2,19,20,21);1H. The highest BCUT2D eigenvalue weighted by atomic mass is 127. The van der Waals surface area contributed by atoms with Crippen molar-refractivity contribution < 1.29 is 4.39 Å². The zero-order chi connectivity index (χ0) is 16.5. The molecule has 0 aliphatic carbocycles. The number of hydrogen-bond acceptors (Lipinski definition) is 3. The van der Waals surface area contributed by atoms with E-state index in [9.17, 15) is 4.39 Å². The summed E-state index contributed by atoms with van der Waals surface area (Å²) in [5, 5.41) is 7.42. The minimum atomic E-state index is -0.172. The van der Waals surface area contributed by atoms with Gasteiger partial charge in [0.15, 0.2) is 5.96 Å². The molecule has 2 N–H and O–H groups in total. The third kappa shape index (κ3) is 7.04. The monoisotopic (exact) mass is 466 g/mol. The lowest BCUT2D eigenvalue weighted by Crippen LogP contribution is -2.41. The second-order valence-electron chi connectivity index (χ2n) is 5.74. The lowest BCUT2D eigenvalue weighted by atomic mass is 10.2. The van der Waals surface area contributed by atoms with Crippen molar-refractivity contribution in [1.29, 1.82) is 0 Å². The van der Waals surface area contributed by atoms with Crippen LogP contribution < -0.4 is 15.5 Å². The number of para-hydroxylation sites is 1. The molecule has 1 fully saturated rings. The van der Waals surface area contributed by atoms with Gasteiger partial charge in [-0.25, -0.2) is 4.39 Å². The van der Waals surface area contributed by atoms with Gasteiger partial charge in [-0.15, -0.1) is 24.0 Å². The predicted octanol–water partition coefficient (Wildman–Crippen LogP) is 3.33. The van der Waals surface area contributed by atoms with Crippen LogP contribution in [0.15, 0.2) is 29.3 Å². The van der Waals surface area contributed by atoms with Crippen LogP contribution in [0.1, 0.15) is 19.3 Å². The van der Waals surface area contributed by atoms with E-state index in [-0.39, 0.29) is 29.8 Å². The van der Waals surface area contributed by atoms with E-state index in [0.717, 1.165) is 32.0 Å². The van der Waals surface area contributed by atoms with E-state index in [0.29, 0.717) is 10.9 Å². The van der Waals surface area contributed by atoms with Crippen molar-refractivity contribution in [2.75, 3.05) is 44.4 Å². The highest BCUT2D eigenvalue weighted by Crippen LogP contribution is 2.25. The van der Waals surface area contributed by atoms with Crippen molar-refractivity contribution in [3.63, 3.8) is 0 Å². The normalized spacial score (nSPS) is 17.3. The Kier molecular flexibility index (Phi) is 10.5. The van der Waals surface area contributed by atoms with Crippen molar-refractivity contribution in [2.24, 2.45) is 4.99 Å². The number of halogens is 2. The first-order valence-corrected chi connectivity index (χ1v) is 9.27. The van der Waals surface area contributed by atoms with Gasteiger partial charge in [0, 0.05) is 39.0 Å². The highest BCUT2D eigenvalue weighted by Gasteiger charge is 2.15. The molecule has 0 spiro atoms. The third-order valence-electron chi connectivity index (χ3n) is 3.97. The molecule has 2 rings (SSSR count). The van der Waals surface area contributed by atoms with E-state index in [1.54, 1.807) is 13.1 Å². The number of aliphatic imine (C=N–C) groups is 1. The first-order chi connectivity index (χ1) is 11.2. The molecule has 7 heteroatoms. The van der Waals surface area contributed by atoms with E-state index in [4.69, 9.17) is 0 Å². The molecular weight excluding hydrogens is 438 g/mol. The molecule has 0 bridgehead atoms. The van der Waals surface area contributed by atoms with Crippen molar-refractivity contribution in [1.82, 2.24) is 10.6 Å². The Morgan fingerprint density at radius 1 is 1.38 bits per heavy atom. The van der Waals surface area contributed by atoms with E-state index >= 15 is 0 Å². The zero-order valence-electron chi connectivity index (χ0n) is 14.4. The molecule has 1 heterocycles. The highest BCUT2D eigenvalue weighted by molar-refractivity contribution is 14.0. The van der Waals surface area contributed by atoms with Crippen LogP contribution in [-0.4, -0.2) is 50.7 Å². The van der Waals surface area contributed by atoms with Crippen LogP contribution in [0, 0.1) is 5.82 Å². The average Bonchev–Trinajstić information content (AvgIpc) is 3.08. The summed E-state index contributed by atoms with van der Waals surface area (Å²) in [6.07, 6.45) is 3.54. The molecule has 0 amide bonds. The van der Waals surface area contributed by atoms with Crippen molar-refractivity contribution in [2.45, 2.75) is 24.5 Å². The minimum Gasteiger partial charge on any atom is -0.372 e. The minimum absolute atomic E-state index is 0. The first kappa shape index (κ1) is 21.3. The summed E-state index contributed by atoms with van der Waals surface area (Å²) in [4.78, 5) is 6.20. The Morgan fingerprint density at radius 3 is 2.83 bits per heavy atom. The molecule has 0 aromatic heterocycles. The van der Waals surface area contributed by atoms with Gasteiger partial charge in [0.1, 0.15) is 5.82 Å². The number of thioether (sulfide) groups is 1. The molecule has 4 nitrogen and oxygen atoms in total. The lowest BCUT2D eigenvalue weighted by molar-refractivity contribution is 0.619. The molecule has 1 aromatic carbocycles. The molecule has 0 radical (unpaired) electrons. The smallest absolute Gasteiger partial charge is 0.191 e. The van der Waals surface area contributed by atoms with Crippen LogP contribution >= 0.6 is 35.7 Å². The summed E-state index contributed by atoms with van der Waals surface area (Å²) in [5.74, 6) is 1.96. The van der Waals surface area contributed by atoms with Crippen molar-refractivity contribution >= 4 is 47.4 Å². The second-order valence-corrected chi connectivity index (χ2v) is 7.15. The summed E-state index contributed by atoms with van der Waals surface area (Å²) in [7, 11) is 3.71. The number of hydrogen-bond donors (Lipinski definition) is 2. The SMILES string of the molecule is CN=C(NCCCN(C)c1ccccc1F)NCC1CCCS1.I. The van der Waals surface area contributed by atoms with Crippen LogP contribution in [0.5, 0.6) is 0 Å². The van der Waals surface area contributed by atoms with E-state index in [2.05, 4.69) is 15.6 Å². The van der Waals surface area contributed by atoms with Gasteiger partial charge < -0.3 is 15.5 Å². The molecule has 1 saturated heterocycles. The number of anilines is 1. The third-order valence-corrected chi connectivity index (χ3v) is 5.37. The summed E-state index contributed by atoms with van der Waals surface area (Å²) in [6.45, 7) is 2.58. The summed E-state index contributed by atoms with van der Waals surface area (Å²) < 4.78 is 13.7. The summed E-state index contributed by atoms with van der Waals surface area (Å²) in [5.41, 5.74) is 0.647. The number of rotatable bonds is 7. The molecule has 0 saturated carbocycles. The fourth-order valence-corrected chi connectivity index (χ4v) is 3.84. The van der Waals surface area contributed by atoms with Gasteiger partial charge in [-0.2, -0.15) is 11.8 Å². The van der Waals surface area contributed by atoms with Gasteiger partial charge >= 0.3 is 0 Å². The molecule has 1 aliphatic rings. The fourth-order valence-electron chi connectivity index (χ4n) is 2.64. The maximum atomic E-state index is 13.7. The maximum Gasteiger partial charge on any atom is 0.191 e. The van der Waals surface area contributed by atoms with E-state index in [1.807, 2.05) is 35.8 Å². The Labute approximate surface area is 166 Å². The number of benzene rings is 1. The van der Waals surface area contributed by atoms with Crippen LogP contribution in [-0.2, 0) is 0 Å². The van der Waals surface area contributed by atoms with Gasteiger partial charge in [-0.05, 0) is 37.1 Å². The molecule has 1 aromatic rings. The van der Waals surface area contributed by atoms with Gasteiger partial charge in [0.25, 0.3) is 0 Å². The zero-order valence-corrected chi connectivity index (χ0v) is 17.6. The fraction of sp³-hybridized carbons (Fsp3) is 0.588. The molecule has 24 heavy (non-hydrogen) atoms. The van der Waals surface area contributed by atoms with Crippen LogP contribution in [0.25, 0.3) is 0 Å². The molecular formula is C17H28FIN4S. The molecule has 1 aliphatic heterocycles. The van der Waals surface area contributed by atoms with Gasteiger partial charge in [0.05, 0.1) is 5.69 Å². The van der Waals surface area contributed by atoms with Gasteiger partial charge in [0.2, 0.25) is 0 Å². The Balaban J connectivity index is 0.00000288. The van der Waals surface area contributed by atoms with Crippen LogP contribution in [0.3, 0.4) is 0 Å². The van der Waals surface area contributed by atoms with E-state index in [1.165, 1.54) is 24.7 Å². The Bertz CT molecular complexity index is 509. The van der Waals surface area contributed by atoms with Gasteiger partial charge in [-0.3, -0.25) is 4.99 Å². The largest absolute Gasteiger partial charge is 0.372 e. The predicted molar refractivity (Wildman–Crippen MR) is 115 cm³/mol. The topological polar surface area (TPSA) is 39.7 Å². The van der Waals surface area contributed by atoms with Crippen LogP contribution in [0.2, 0.25) is 0 Å².